The summed E-state index contributed by atoms with van der Waals surface area (Å²) in [6.07, 6.45) is 4.51. The van der Waals surface area contributed by atoms with Gasteiger partial charge in [0.15, 0.2) is 0 Å². The largest absolute Gasteiger partial charge is 0.383 e. The molecule has 5 heteroatoms. The van der Waals surface area contributed by atoms with Crippen LogP contribution < -0.4 is 5.73 Å². The highest BCUT2D eigenvalue weighted by Gasteiger charge is 2.13. The van der Waals surface area contributed by atoms with E-state index >= 15 is 0 Å². The van der Waals surface area contributed by atoms with Crippen LogP contribution in [0.1, 0.15) is 13.3 Å². The normalized spacial score (nSPS) is 10.6. The van der Waals surface area contributed by atoms with Crippen LogP contribution in [0.25, 0.3) is 11.3 Å². The predicted octanol–water partition coefficient (Wildman–Crippen LogP) is 2.70. The molecular weight excluding hydrogens is 268 g/mol. The fourth-order valence-corrected chi connectivity index (χ4v) is 2.14. The summed E-state index contributed by atoms with van der Waals surface area (Å²) in [6.45, 7) is 2.99. The highest BCUT2D eigenvalue weighted by molar-refractivity contribution is 9.10. The maximum atomic E-state index is 5.87. The van der Waals surface area contributed by atoms with Crippen LogP contribution in [0.4, 0.5) is 5.82 Å². The Hall–Kier alpha value is -1.36. The van der Waals surface area contributed by atoms with E-state index in [1.165, 1.54) is 0 Å². The summed E-state index contributed by atoms with van der Waals surface area (Å²) in [5.41, 5.74) is 7.78. The summed E-state index contributed by atoms with van der Waals surface area (Å²) in [5, 5.41) is 4.31. The van der Waals surface area contributed by atoms with Gasteiger partial charge >= 0.3 is 0 Å². The zero-order valence-electron chi connectivity index (χ0n) is 9.02. The van der Waals surface area contributed by atoms with Crippen molar-refractivity contribution in [1.29, 1.82) is 0 Å². The van der Waals surface area contributed by atoms with Gasteiger partial charge in [-0.05, 0) is 34.5 Å². The Labute approximate surface area is 103 Å². The summed E-state index contributed by atoms with van der Waals surface area (Å²) in [7, 11) is 0. The van der Waals surface area contributed by atoms with E-state index in [-0.39, 0.29) is 0 Å². The van der Waals surface area contributed by atoms with Gasteiger partial charge in [0, 0.05) is 18.3 Å². The van der Waals surface area contributed by atoms with Crippen molar-refractivity contribution in [2.75, 3.05) is 5.73 Å². The number of pyridine rings is 1. The predicted molar refractivity (Wildman–Crippen MR) is 67.9 cm³/mol. The average molecular weight is 281 g/mol. The topological polar surface area (TPSA) is 56.7 Å². The molecule has 0 spiro atoms. The number of anilines is 1. The molecule has 2 N–H and O–H groups in total. The molecule has 84 valence electrons. The highest BCUT2D eigenvalue weighted by Crippen LogP contribution is 2.30. The smallest absolute Gasteiger partial charge is 0.132 e. The van der Waals surface area contributed by atoms with Crippen molar-refractivity contribution >= 4 is 21.7 Å². The van der Waals surface area contributed by atoms with E-state index in [4.69, 9.17) is 5.73 Å². The van der Waals surface area contributed by atoms with Crippen LogP contribution in [0.3, 0.4) is 0 Å². The minimum absolute atomic E-state index is 0.529. The van der Waals surface area contributed by atoms with Gasteiger partial charge in [0.1, 0.15) is 5.82 Å². The van der Waals surface area contributed by atoms with Crippen molar-refractivity contribution in [2.24, 2.45) is 0 Å². The molecule has 0 unspecified atom stereocenters. The van der Waals surface area contributed by atoms with Gasteiger partial charge in [-0.2, -0.15) is 5.10 Å². The molecule has 0 aliphatic rings. The number of nitrogen functional groups attached to an aromatic ring is 1. The molecular formula is C11H13BrN4. The first-order chi connectivity index (χ1) is 7.74. The lowest BCUT2D eigenvalue weighted by molar-refractivity contribution is 0.609. The standard InChI is InChI=1S/C11H13BrN4/c1-2-6-16-10(9(12)7-15-16)8-4-3-5-14-11(8)13/h3-5,7H,2,6H2,1H3,(H2,13,14). The Morgan fingerprint density at radius 2 is 2.31 bits per heavy atom. The lowest BCUT2D eigenvalue weighted by Crippen LogP contribution is -2.03. The van der Waals surface area contributed by atoms with Gasteiger partial charge in [-0.15, -0.1) is 0 Å². The molecule has 0 atom stereocenters. The van der Waals surface area contributed by atoms with Crippen LogP contribution in [0, 0.1) is 0 Å². The quantitative estimate of drug-likeness (QED) is 0.941. The van der Waals surface area contributed by atoms with Gasteiger partial charge in [-0.1, -0.05) is 6.92 Å². The molecule has 0 bridgehead atoms. The average Bonchev–Trinajstić information content (AvgIpc) is 2.62. The van der Waals surface area contributed by atoms with Crippen molar-refractivity contribution in [3.63, 3.8) is 0 Å². The third-order valence-electron chi connectivity index (χ3n) is 2.32. The maximum Gasteiger partial charge on any atom is 0.132 e. The van der Waals surface area contributed by atoms with Gasteiger partial charge in [0.05, 0.1) is 16.4 Å². The molecule has 2 heterocycles. The second-order valence-electron chi connectivity index (χ2n) is 3.50. The van der Waals surface area contributed by atoms with Crippen LogP contribution in [0.5, 0.6) is 0 Å². The molecule has 0 aliphatic heterocycles. The molecule has 2 rings (SSSR count). The van der Waals surface area contributed by atoms with Gasteiger partial charge in [-0.25, -0.2) is 4.98 Å². The van der Waals surface area contributed by atoms with Crippen LogP contribution in [-0.2, 0) is 6.54 Å². The lowest BCUT2D eigenvalue weighted by Gasteiger charge is -2.08. The Morgan fingerprint density at radius 3 is 3.00 bits per heavy atom. The van der Waals surface area contributed by atoms with Gasteiger partial charge in [-0.3, -0.25) is 4.68 Å². The van der Waals surface area contributed by atoms with Gasteiger partial charge < -0.3 is 5.73 Å². The summed E-state index contributed by atoms with van der Waals surface area (Å²) in [4.78, 5) is 4.09. The zero-order valence-corrected chi connectivity index (χ0v) is 10.6. The van der Waals surface area contributed by atoms with Crippen molar-refractivity contribution in [2.45, 2.75) is 19.9 Å². The van der Waals surface area contributed by atoms with E-state index in [9.17, 15) is 0 Å². The zero-order chi connectivity index (χ0) is 11.5. The third kappa shape index (κ3) is 1.95. The lowest BCUT2D eigenvalue weighted by atomic mass is 10.2. The fraction of sp³-hybridized carbons (Fsp3) is 0.273. The van der Waals surface area contributed by atoms with E-state index in [1.807, 2.05) is 16.8 Å². The van der Waals surface area contributed by atoms with Gasteiger partial charge in [0.25, 0.3) is 0 Å². The monoisotopic (exact) mass is 280 g/mol. The number of nitrogens with zero attached hydrogens (tertiary/aromatic N) is 3. The Bertz CT molecular complexity index is 492. The molecule has 0 aromatic carbocycles. The molecule has 4 nitrogen and oxygen atoms in total. The molecule has 2 aromatic heterocycles. The molecule has 0 fully saturated rings. The fourth-order valence-electron chi connectivity index (χ4n) is 1.63. The number of hydrogen-bond donors (Lipinski definition) is 1. The van der Waals surface area contributed by atoms with Crippen molar-refractivity contribution in [1.82, 2.24) is 14.8 Å². The van der Waals surface area contributed by atoms with Crippen molar-refractivity contribution < 1.29 is 0 Å². The second-order valence-corrected chi connectivity index (χ2v) is 4.35. The van der Waals surface area contributed by atoms with Gasteiger partial charge in [0.2, 0.25) is 0 Å². The number of hydrogen-bond acceptors (Lipinski definition) is 3. The number of aromatic nitrogens is 3. The molecule has 0 saturated carbocycles. The number of nitrogens with two attached hydrogens (primary N) is 1. The summed E-state index contributed by atoms with van der Waals surface area (Å²) in [6, 6.07) is 3.83. The minimum Gasteiger partial charge on any atom is -0.383 e. The van der Waals surface area contributed by atoms with E-state index in [0.717, 1.165) is 28.7 Å². The summed E-state index contributed by atoms with van der Waals surface area (Å²) >= 11 is 3.49. The van der Waals surface area contributed by atoms with Crippen LogP contribution in [-0.4, -0.2) is 14.8 Å². The second kappa shape index (κ2) is 4.65. The summed E-state index contributed by atoms with van der Waals surface area (Å²) < 4.78 is 2.89. The third-order valence-corrected chi connectivity index (χ3v) is 2.90. The van der Waals surface area contributed by atoms with Crippen molar-refractivity contribution in [3.05, 3.63) is 29.0 Å². The molecule has 0 saturated heterocycles. The molecule has 16 heavy (non-hydrogen) atoms. The minimum atomic E-state index is 0.529. The number of rotatable bonds is 3. The van der Waals surface area contributed by atoms with E-state index in [0.29, 0.717) is 5.82 Å². The maximum absolute atomic E-state index is 5.87. The van der Waals surface area contributed by atoms with E-state index in [2.05, 4.69) is 32.9 Å². The number of halogens is 1. The first kappa shape index (κ1) is 11.1. The number of aryl methyl sites for hydroxylation is 1. The summed E-state index contributed by atoms with van der Waals surface area (Å²) in [5.74, 6) is 0.529. The first-order valence-corrected chi connectivity index (χ1v) is 5.95. The van der Waals surface area contributed by atoms with Crippen LogP contribution in [0.15, 0.2) is 29.0 Å². The molecule has 2 aromatic rings. The Kier molecular flexibility index (Phi) is 3.24. The SMILES string of the molecule is CCCn1ncc(Br)c1-c1cccnc1N. The molecule has 0 amide bonds. The van der Waals surface area contributed by atoms with Crippen molar-refractivity contribution in [3.8, 4) is 11.3 Å². The van der Waals surface area contributed by atoms with Crippen LogP contribution >= 0.6 is 15.9 Å². The van der Waals surface area contributed by atoms with E-state index < -0.39 is 0 Å². The Morgan fingerprint density at radius 1 is 1.50 bits per heavy atom. The highest BCUT2D eigenvalue weighted by atomic mass is 79.9. The van der Waals surface area contributed by atoms with E-state index in [1.54, 1.807) is 12.4 Å². The molecule has 0 radical (unpaired) electrons. The first-order valence-electron chi connectivity index (χ1n) is 5.16. The Balaban J connectivity index is 2.54. The molecule has 0 aliphatic carbocycles. The van der Waals surface area contributed by atoms with Crippen LogP contribution in [0.2, 0.25) is 0 Å².